The minimum Gasteiger partial charge on any atom is -0.365 e. The van der Waals surface area contributed by atoms with Gasteiger partial charge >= 0.3 is 0 Å². The van der Waals surface area contributed by atoms with Crippen LogP contribution in [0.1, 0.15) is 42.1 Å². The van der Waals surface area contributed by atoms with E-state index in [9.17, 15) is 9.59 Å². The lowest BCUT2D eigenvalue weighted by atomic mass is 10.1. The van der Waals surface area contributed by atoms with E-state index in [1.807, 2.05) is 54.3 Å². The van der Waals surface area contributed by atoms with Gasteiger partial charge in [0, 0.05) is 38.2 Å². The Morgan fingerprint density at radius 1 is 1.03 bits per heavy atom. The zero-order valence-electron chi connectivity index (χ0n) is 17.1. The Balaban J connectivity index is 1.68. The number of nitrogens with zero attached hydrogens (tertiary/aromatic N) is 2. The lowest BCUT2D eigenvalue weighted by molar-refractivity contribution is -0.116. The van der Waals surface area contributed by atoms with Crippen molar-refractivity contribution >= 4 is 34.8 Å². The van der Waals surface area contributed by atoms with Crippen LogP contribution < -0.4 is 10.2 Å². The van der Waals surface area contributed by atoms with Gasteiger partial charge in [-0.1, -0.05) is 48.7 Å². The predicted molar refractivity (Wildman–Crippen MR) is 119 cm³/mol. The molecule has 29 heavy (non-hydrogen) atoms. The molecule has 1 heterocycles. The van der Waals surface area contributed by atoms with E-state index in [2.05, 4.69) is 17.1 Å². The summed E-state index contributed by atoms with van der Waals surface area (Å²) >= 11 is 6.49. The average Bonchev–Trinajstić information content (AvgIpc) is 2.73. The Morgan fingerprint density at radius 2 is 1.72 bits per heavy atom. The number of piperazine rings is 1. The van der Waals surface area contributed by atoms with Gasteiger partial charge in [0.15, 0.2) is 0 Å². The summed E-state index contributed by atoms with van der Waals surface area (Å²) in [5, 5.41) is 3.61. The average molecular weight is 414 g/mol. The molecule has 0 radical (unpaired) electrons. The van der Waals surface area contributed by atoms with Crippen LogP contribution in [-0.2, 0) is 4.79 Å². The molecule has 154 valence electrons. The van der Waals surface area contributed by atoms with E-state index < -0.39 is 0 Å². The Morgan fingerprint density at radius 3 is 2.38 bits per heavy atom. The van der Waals surface area contributed by atoms with Crippen molar-refractivity contribution in [3.63, 3.8) is 0 Å². The first kappa shape index (κ1) is 21.2. The molecule has 0 aliphatic carbocycles. The monoisotopic (exact) mass is 413 g/mol. The molecular weight excluding hydrogens is 386 g/mol. The van der Waals surface area contributed by atoms with E-state index in [4.69, 9.17) is 11.6 Å². The maximum Gasteiger partial charge on any atom is 0.253 e. The molecule has 0 bridgehead atoms. The number of hydrogen-bond acceptors (Lipinski definition) is 3. The number of rotatable bonds is 6. The van der Waals surface area contributed by atoms with Crippen molar-refractivity contribution in [2.45, 2.75) is 33.1 Å². The van der Waals surface area contributed by atoms with Crippen LogP contribution in [0.15, 0.2) is 42.5 Å². The maximum absolute atomic E-state index is 12.8. The summed E-state index contributed by atoms with van der Waals surface area (Å²) in [7, 11) is 0. The predicted octanol–water partition coefficient (Wildman–Crippen LogP) is 4.74. The van der Waals surface area contributed by atoms with E-state index in [-0.39, 0.29) is 11.8 Å². The summed E-state index contributed by atoms with van der Waals surface area (Å²) < 4.78 is 0. The number of aryl methyl sites for hydroxylation is 1. The smallest absolute Gasteiger partial charge is 0.253 e. The number of nitrogens with one attached hydrogen (secondary N) is 1. The fourth-order valence-electron chi connectivity index (χ4n) is 3.50. The molecule has 1 aliphatic heterocycles. The first-order valence-corrected chi connectivity index (χ1v) is 10.6. The maximum atomic E-state index is 12.8. The Labute approximate surface area is 177 Å². The number of hydrogen-bond donors (Lipinski definition) is 1. The number of unbranched alkanes of at least 4 members (excludes halogenated alkanes) is 1. The van der Waals surface area contributed by atoms with Crippen LogP contribution in [0.25, 0.3) is 0 Å². The van der Waals surface area contributed by atoms with Gasteiger partial charge in [0.05, 0.1) is 16.4 Å². The van der Waals surface area contributed by atoms with Gasteiger partial charge in [-0.05, 0) is 37.6 Å². The van der Waals surface area contributed by atoms with Crippen molar-refractivity contribution in [1.82, 2.24) is 4.90 Å². The van der Waals surface area contributed by atoms with Crippen LogP contribution in [0.3, 0.4) is 0 Å². The summed E-state index contributed by atoms with van der Waals surface area (Å²) in [5.74, 6) is 0.0560. The van der Waals surface area contributed by atoms with Gasteiger partial charge in [-0.25, -0.2) is 0 Å². The molecule has 1 aliphatic rings. The van der Waals surface area contributed by atoms with Crippen LogP contribution in [0, 0.1) is 6.92 Å². The highest BCUT2D eigenvalue weighted by molar-refractivity contribution is 6.34. The van der Waals surface area contributed by atoms with Crippen molar-refractivity contribution < 1.29 is 9.59 Å². The van der Waals surface area contributed by atoms with Gasteiger partial charge in [-0.3, -0.25) is 9.59 Å². The van der Waals surface area contributed by atoms with Crippen LogP contribution in [-0.4, -0.2) is 42.9 Å². The Hall–Kier alpha value is -2.53. The van der Waals surface area contributed by atoms with Crippen molar-refractivity contribution in [3.05, 3.63) is 58.6 Å². The molecule has 2 amide bonds. The third-order valence-electron chi connectivity index (χ3n) is 5.20. The summed E-state index contributed by atoms with van der Waals surface area (Å²) in [5.41, 5.74) is 3.42. The van der Waals surface area contributed by atoms with Gasteiger partial charge in [-0.15, -0.1) is 0 Å². The van der Waals surface area contributed by atoms with Crippen LogP contribution >= 0.6 is 11.6 Å². The molecule has 2 aromatic rings. The summed E-state index contributed by atoms with van der Waals surface area (Å²) in [6.07, 6.45) is 2.34. The first-order valence-electron chi connectivity index (χ1n) is 10.2. The first-order chi connectivity index (χ1) is 14.0. The lowest BCUT2D eigenvalue weighted by Gasteiger charge is -2.37. The van der Waals surface area contributed by atoms with Crippen molar-refractivity contribution in [2.24, 2.45) is 0 Å². The van der Waals surface area contributed by atoms with E-state index in [1.54, 1.807) is 0 Å². The number of amides is 2. The number of carbonyl (C=O) groups is 2. The lowest BCUT2D eigenvalue weighted by Crippen LogP contribution is -2.49. The summed E-state index contributed by atoms with van der Waals surface area (Å²) in [6, 6.07) is 13.2. The second-order valence-electron chi connectivity index (χ2n) is 7.43. The minimum absolute atomic E-state index is 0.00329. The van der Waals surface area contributed by atoms with Gasteiger partial charge < -0.3 is 15.1 Å². The van der Waals surface area contributed by atoms with Gasteiger partial charge in [0.2, 0.25) is 5.91 Å². The highest BCUT2D eigenvalue weighted by Gasteiger charge is 2.25. The zero-order chi connectivity index (χ0) is 20.8. The quantitative estimate of drug-likeness (QED) is 0.744. The minimum atomic E-state index is 0.00329. The number of halogens is 1. The van der Waals surface area contributed by atoms with Crippen LogP contribution in [0.2, 0.25) is 5.02 Å². The Kier molecular flexibility index (Phi) is 7.15. The normalized spacial score (nSPS) is 14.0. The number of carbonyl (C=O) groups excluding carboxylic acids is 2. The molecule has 0 spiro atoms. The SMILES string of the molecule is CCCCC(=O)Nc1cccc(Cl)c1N1CCN(C(=O)c2ccc(C)cc2)CC1. The van der Waals surface area contributed by atoms with E-state index >= 15 is 0 Å². The topological polar surface area (TPSA) is 52.7 Å². The molecular formula is C23H28ClN3O2. The van der Waals surface area contributed by atoms with Crippen molar-refractivity contribution in [1.29, 1.82) is 0 Å². The Bertz CT molecular complexity index is 859. The standard InChI is InChI=1S/C23H28ClN3O2/c1-3-4-8-21(28)25-20-7-5-6-19(24)22(20)26-13-15-27(16-14-26)23(29)18-11-9-17(2)10-12-18/h5-7,9-12H,3-4,8,13-16H2,1-2H3,(H,25,28). The van der Waals surface area contributed by atoms with Crippen molar-refractivity contribution in [2.75, 3.05) is 36.4 Å². The van der Waals surface area contributed by atoms with Gasteiger partial charge in [0.25, 0.3) is 5.91 Å². The number of para-hydroxylation sites is 1. The van der Waals surface area contributed by atoms with Gasteiger partial charge in [0.1, 0.15) is 0 Å². The molecule has 0 aromatic heterocycles. The number of benzene rings is 2. The van der Waals surface area contributed by atoms with E-state index in [0.717, 1.165) is 29.8 Å². The van der Waals surface area contributed by atoms with Crippen LogP contribution in [0.4, 0.5) is 11.4 Å². The van der Waals surface area contributed by atoms with Gasteiger partial charge in [-0.2, -0.15) is 0 Å². The van der Waals surface area contributed by atoms with E-state index in [0.29, 0.717) is 43.2 Å². The molecule has 0 atom stereocenters. The number of anilines is 2. The summed E-state index contributed by atoms with van der Waals surface area (Å²) in [4.78, 5) is 29.0. The van der Waals surface area contributed by atoms with Crippen LogP contribution in [0.5, 0.6) is 0 Å². The van der Waals surface area contributed by atoms with E-state index in [1.165, 1.54) is 0 Å². The molecule has 1 saturated heterocycles. The fourth-order valence-corrected chi connectivity index (χ4v) is 3.79. The van der Waals surface area contributed by atoms with Crippen molar-refractivity contribution in [3.8, 4) is 0 Å². The molecule has 0 unspecified atom stereocenters. The molecule has 2 aromatic carbocycles. The largest absolute Gasteiger partial charge is 0.365 e. The highest BCUT2D eigenvalue weighted by Crippen LogP contribution is 2.35. The third-order valence-corrected chi connectivity index (χ3v) is 5.50. The second kappa shape index (κ2) is 9.79. The molecule has 6 heteroatoms. The fraction of sp³-hybridized carbons (Fsp3) is 0.391. The molecule has 1 N–H and O–H groups in total. The second-order valence-corrected chi connectivity index (χ2v) is 7.84. The highest BCUT2D eigenvalue weighted by atomic mass is 35.5. The zero-order valence-corrected chi connectivity index (χ0v) is 17.8. The molecule has 1 fully saturated rings. The molecule has 3 rings (SSSR count). The molecule has 0 saturated carbocycles. The molecule has 5 nitrogen and oxygen atoms in total. The summed E-state index contributed by atoms with van der Waals surface area (Å²) in [6.45, 7) is 6.63. The third kappa shape index (κ3) is 5.30.